The molecule has 1 aliphatic rings. The van der Waals surface area contributed by atoms with Crippen LogP contribution in [0.3, 0.4) is 0 Å². The zero-order chi connectivity index (χ0) is 30.0. The lowest BCUT2D eigenvalue weighted by Crippen LogP contribution is -2.45. The number of carbonyl (C=O) groups excluding carboxylic acids is 1. The van der Waals surface area contributed by atoms with Crippen molar-refractivity contribution >= 4 is 50.9 Å². The van der Waals surface area contributed by atoms with Crippen LogP contribution in [0.1, 0.15) is 55.6 Å². The summed E-state index contributed by atoms with van der Waals surface area (Å²) in [5, 5.41) is 2.70. The first-order valence-electron chi connectivity index (χ1n) is 13.3. The van der Waals surface area contributed by atoms with Crippen LogP contribution >= 0.6 is 22.6 Å². The first-order chi connectivity index (χ1) is 19.3. The van der Waals surface area contributed by atoms with Crippen molar-refractivity contribution < 1.29 is 9.18 Å². The molecule has 1 saturated carbocycles. The molecule has 0 radical (unpaired) electrons. The molecule has 9 nitrogen and oxygen atoms in total. The van der Waals surface area contributed by atoms with E-state index in [2.05, 4.69) is 5.32 Å². The second kappa shape index (κ2) is 10.3. The van der Waals surface area contributed by atoms with E-state index >= 15 is 4.39 Å². The fourth-order valence-corrected chi connectivity index (χ4v) is 5.79. The van der Waals surface area contributed by atoms with Crippen molar-refractivity contribution in [1.82, 2.24) is 19.0 Å². The molecule has 1 fully saturated rings. The maximum atomic E-state index is 15.6. The Balaban J connectivity index is 2.03. The normalized spacial score (nSPS) is 13.5. The number of hydrogen-bond donors (Lipinski definition) is 1. The molecule has 1 N–H and O–H groups in total. The van der Waals surface area contributed by atoms with Crippen molar-refractivity contribution in [1.29, 1.82) is 0 Å². The number of amides is 1. The summed E-state index contributed by atoms with van der Waals surface area (Å²) in [5.74, 6) is -0.679. The number of anilines is 2. The summed E-state index contributed by atoms with van der Waals surface area (Å²) in [7, 11) is 3.06. The SMILES string of the molecule is CNC(=O)c1cccc(-n2c(=O)n(C3CC3)c(=O)c3c(N(c4ccc(I)cc4F)C(C)(C)C)n(C)c(=O)c(C)c32)c1. The van der Waals surface area contributed by atoms with Crippen LogP contribution in [0.15, 0.2) is 56.8 Å². The number of rotatable bonds is 5. The number of hydrogen-bond acceptors (Lipinski definition) is 5. The molecule has 0 spiro atoms. The summed E-state index contributed by atoms with van der Waals surface area (Å²) in [6.45, 7) is 7.16. The molecule has 2 aromatic heterocycles. The monoisotopic (exact) mass is 671 g/mol. The van der Waals surface area contributed by atoms with Gasteiger partial charge in [0, 0.05) is 40.4 Å². The molecule has 11 heteroatoms. The lowest BCUT2D eigenvalue weighted by atomic mass is 10.0. The fraction of sp³-hybridized carbons (Fsp3) is 0.333. The Morgan fingerprint density at radius 3 is 2.34 bits per heavy atom. The molecule has 0 saturated heterocycles. The molecule has 214 valence electrons. The number of nitrogens with one attached hydrogen (secondary N) is 1. The van der Waals surface area contributed by atoms with E-state index in [4.69, 9.17) is 0 Å². The van der Waals surface area contributed by atoms with Crippen molar-refractivity contribution in [3.63, 3.8) is 0 Å². The van der Waals surface area contributed by atoms with Crippen LogP contribution in [0.25, 0.3) is 16.6 Å². The average molecular weight is 672 g/mol. The van der Waals surface area contributed by atoms with Gasteiger partial charge in [-0.3, -0.25) is 28.1 Å². The molecule has 5 rings (SSSR count). The third kappa shape index (κ3) is 4.79. The zero-order valence-electron chi connectivity index (χ0n) is 23.7. The maximum absolute atomic E-state index is 15.6. The standard InChI is InChI=1S/C30H31FIN5O4/c1-16-24-23(26(34(6)27(16)39)37(30(2,3)4)22-13-10-18(32)15-21(22)31)28(40)36(19-11-12-19)29(41)35(24)20-9-7-8-17(14-20)25(38)33-5/h7-10,13-15,19H,11-12H2,1-6H3,(H,33,38). The second-order valence-corrected chi connectivity index (χ2v) is 12.5. The van der Waals surface area contributed by atoms with Gasteiger partial charge in [0.05, 0.1) is 16.9 Å². The van der Waals surface area contributed by atoms with E-state index in [0.717, 1.165) is 0 Å². The summed E-state index contributed by atoms with van der Waals surface area (Å²) in [6, 6.07) is 11.0. The van der Waals surface area contributed by atoms with Crippen LogP contribution in [0.5, 0.6) is 0 Å². The van der Waals surface area contributed by atoms with Gasteiger partial charge >= 0.3 is 5.69 Å². The highest BCUT2D eigenvalue weighted by molar-refractivity contribution is 14.1. The van der Waals surface area contributed by atoms with Gasteiger partial charge in [-0.05, 0) is 99.5 Å². The minimum atomic E-state index is -0.795. The van der Waals surface area contributed by atoms with Gasteiger partial charge in [-0.2, -0.15) is 0 Å². The quantitative estimate of drug-likeness (QED) is 0.315. The number of carbonyl (C=O) groups is 1. The highest BCUT2D eigenvalue weighted by Gasteiger charge is 2.35. The fourth-order valence-electron chi connectivity index (χ4n) is 5.34. The molecule has 0 atom stereocenters. The molecule has 0 aliphatic heterocycles. The highest BCUT2D eigenvalue weighted by atomic mass is 127. The molecular weight excluding hydrogens is 640 g/mol. The molecule has 4 aromatic rings. The van der Waals surface area contributed by atoms with E-state index in [1.54, 1.807) is 55.3 Å². The van der Waals surface area contributed by atoms with Gasteiger partial charge in [-0.1, -0.05) is 6.07 Å². The Hall–Kier alpha value is -3.74. The van der Waals surface area contributed by atoms with Gasteiger partial charge in [-0.15, -0.1) is 0 Å². The average Bonchev–Trinajstić information content (AvgIpc) is 3.75. The summed E-state index contributed by atoms with van der Waals surface area (Å²) in [4.78, 5) is 56.3. The number of aryl methyl sites for hydroxylation is 1. The predicted octanol–water partition coefficient (Wildman–Crippen LogP) is 4.53. The van der Waals surface area contributed by atoms with Crippen LogP contribution in [-0.2, 0) is 7.05 Å². The van der Waals surface area contributed by atoms with Gasteiger partial charge in [0.2, 0.25) is 0 Å². The first-order valence-corrected chi connectivity index (χ1v) is 14.3. The Bertz CT molecular complexity index is 1910. The third-order valence-corrected chi connectivity index (χ3v) is 8.02. The van der Waals surface area contributed by atoms with Gasteiger partial charge in [0.15, 0.2) is 0 Å². The maximum Gasteiger partial charge on any atom is 0.336 e. The van der Waals surface area contributed by atoms with Crippen molar-refractivity contribution in [2.24, 2.45) is 7.05 Å². The highest BCUT2D eigenvalue weighted by Crippen LogP contribution is 2.39. The topological polar surface area (TPSA) is 98.3 Å². The van der Waals surface area contributed by atoms with Crippen LogP contribution in [0.4, 0.5) is 15.9 Å². The number of pyridine rings is 1. The lowest BCUT2D eigenvalue weighted by Gasteiger charge is -2.39. The molecule has 0 bridgehead atoms. The molecule has 41 heavy (non-hydrogen) atoms. The van der Waals surface area contributed by atoms with E-state index in [-0.39, 0.29) is 39.9 Å². The largest absolute Gasteiger partial charge is 0.355 e. The molecule has 1 amide bonds. The van der Waals surface area contributed by atoms with Crippen LogP contribution in [0, 0.1) is 16.3 Å². The van der Waals surface area contributed by atoms with Crippen molar-refractivity contribution in [2.75, 3.05) is 11.9 Å². The summed E-state index contributed by atoms with van der Waals surface area (Å²) in [6.07, 6.45) is 1.32. The summed E-state index contributed by atoms with van der Waals surface area (Å²) < 4.78 is 20.2. The van der Waals surface area contributed by atoms with E-state index in [0.29, 0.717) is 27.7 Å². The molecule has 0 unspecified atom stereocenters. The Morgan fingerprint density at radius 1 is 1.07 bits per heavy atom. The van der Waals surface area contributed by atoms with E-state index in [1.165, 1.54) is 26.8 Å². The predicted molar refractivity (Wildman–Crippen MR) is 166 cm³/mol. The second-order valence-electron chi connectivity index (χ2n) is 11.3. The van der Waals surface area contributed by atoms with Crippen LogP contribution < -0.4 is 27.0 Å². The van der Waals surface area contributed by atoms with Crippen LogP contribution in [-0.4, -0.2) is 32.2 Å². The van der Waals surface area contributed by atoms with Crippen molar-refractivity contribution in [3.8, 4) is 5.69 Å². The zero-order valence-corrected chi connectivity index (χ0v) is 25.9. The molecular formula is C30H31FIN5O4. The van der Waals surface area contributed by atoms with Gasteiger partial charge in [-0.25, -0.2) is 9.18 Å². The van der Waals surface area contributed by atoms with Crippen LogP contribution in [0.2, 0.25) is 0 Å². The number of benzene rings is 2. The molecule has 2 aromatic carbocycles. The van der Waals surface area contributed by atoms with Crippen molar-refractivity contribution in [2.45, 2.75) is 52.1 Å². The molecule has 1 aliphatic carbocycles. The number of nitrogens with zero attached hydrogens (tertiary/aromatic N) is 4. The minimum Gasteiger partial charge on any atom is -0.355 e. The minimum absolute atomic E-state index is 0.120. The Labute approximate surface area is 249 Å². The Kier molecular flexibility index (Phi) is 7.21. The Morgan fingerprint density at radius 2 is 1.76 bits per heavy atom. The number of fused-ring (bicyclic) bond motifs is 1. The van der Waals surface area contributed by atoms with E-state index < -0.39 is 28.2 Å². The van der Waals surface area contributed by atoms with E-state index in [1.807, 2.05) is 43.4 Å². The third-order valence-electron chi connectivity index (χ3n) is 7.35. The first kappa shape index (κ1) is 28.8. The number of halogens is 2. The summed E-state index contributed by atoms with van der Waals surface area (Å²) in [5.41, 5.74) is -1.22. The van der Waals surface area contributed by atoms with Gasteiger partial charge in [0.1, 0.15) is 17.0 Å². The number of aromatic nitrogens is 3. The van der Waals surface area contributed by atoms with Crippen molar-refractivity contribution in [3.05, 3.63) is 94.2 Å². The lowest BCUT2D eigenvalue weighted by molar-refractivity contribution is 0.0963. The van der Waals surface area contributed by atoms with Gasteiger partial charge in [0.25, 0.3) is 17.0 Å². The van der Waals surface area contributed by atoms with E-state index in [9.17, 15) is 19.2 Å². The smallest absolute Gasteiger partial charge is 0.336 e. The summed E-state index contributed by atoms with van der Waals surface area (Å²) >= 11 is 2.03. The molecule has 2 heterocycles. The van der Waals surface area contributed by atoms with Gasteiger partial charge < -0.3 is 10.2 Å².